The van der Waals surface area contributed by atoms with E-state index in [1.807, 2.05) is 24.3 Å². The lowest BCUT2D eigenvalue weighted by Crippen LogP contribution is -2.05. The third-order valence-electron chi connectivity index (χ3n) is 2.62. The van der Waals surface area contributed by atoms with E-state index in [2.05, 4.69) is 20.8 Å². The Kier molecular flexibility index (Phi) is 11.1. The highest BCUT2D eigenvalue weighted by Crippen LogP contribution is 2.13. The van der Waals surface area contributed by atoms with Crippen LogP contribution < -0.4 is 16.2 Å². The molecule has 0 spiro atoms. The van der Waals surface area contributed by atoms with Crippen LogP contribution in [0.25, 0.3) is 0 Å². The van der Waals surface area contributed by atoms with Crippen molar-refractivity contribution in [1.82, 2.24) is 0 Å². The second-order valence-corrected chi connectivity index (χ2v) is 5.11. The minimum absolute atomic E-state index is 0.662. The molecule has 1 aromatic carbocycles. The van der Waals surface area contributed by atoms with E-state index in [4.69, 9.17) is 16.2 Å². The Morgan fingerprint density at radius 1 is 1.05 bits per heavy atom. The number of hydrogen-bond acceptors (Lipinski definition) is 3. The van der Waals surface area contributed by atoms with E-state index in [0.717, 1.165) is 31.0 Å². The van der Waals surface area contributed by atoms with Crippen LogP contribution in [0.5, 0.6) is 5.75 Å². The molecule has 0 fully saturated rings. The van der Waals surface area contributed by atoms with Gasteiger partial charge in [-0.2, -0.15) is 0 Å². The first-order chi connectivity index (χ1) is 9.10. The minimum atomic E-state index is 0.662. The number of anilines is 1. The maximum Gasteiger partial charge on any atom is 0.119 e. The minimum Gasteiger partial charge on any atom is -0.494 e. The molecule has 0 unspecified atom stereocenters. The Morgan fingerprint density at radius 3 is 2.11 bits per heavy atom. The van der Waals surface area contributed by atoms with Gasteiger partial charge in [-0.15, -0.1) is 0 Å². The van der Waals surface area contributed by atoms with Crippen LogP contribution in [-0.2, 0) is 0 Å². The Bertz CT molecular complexity index is 296. The highest BCUT2D eigenvalue weighted by Gasteiger charge is 1.93. The smallest absolute Gasteiger partial charge is 0.119 e. The summed E-state index contributed by atoms with van der Waals surface area (Å²) in [5.74, 6) is 1.57. The summed E-state index contributed by atoms with van der Waals surface area (Å²) in [6.45, 7) is 8.02. The fourth-order valence-corrected chi connectivity index (χ4v) is 1.28. The monoisotopic (exact) mass is 266 g/mol. The van der Waals surface area contributed by atoms with Gasteiger partial charge in [0, 0.05) is 5.69 Å². The molecule has 0 heterocycles. The number of hydrogen-bond donors (Lipinski definition) is 2. The quantitative estimate of drug-likeness (QED) is 0.582. The molecule has 0 bridgehead atoms. The van der Waals surface area contributed by atoms with Gasteiger partial charge in [0.25, 0.3) is 0 Å². The molecule has 0 aliphatic rings. The summed E-state index contributed by atoms with van der Waals surface area (Å²) in [6.07, 6.45) is 4.96. The lowest BCUT2D eigenvalue weighted by Gasteiger charge is -2.05. The van der Waals surface area contributed by atoms with E-state index in [9.17, 15) is 0 Å². The van der Waals surface area contributed by atoms with E-state index in [0.29, 0.717) is 5.92 Å². The molecule has 3 nitrogen and oxygen atoms in total. The average molecular weight is 266 g/mol. The number of ether oxygens (including phenoxy) is 1. The maximum atomic E-state index is 5.57. The fourth-order valence-electron chi connectivity index (χ4n) is 1.28. The SMILES string of the molecule is CC(C)CN.CCCCCCOc1ccc(N)cc1. The van der Waals surface area contributed by atoms with Crippen LogP contribution in [0.3, 0.4) is 0 Å². The largest absolute Gasteiger partial charge is 0.494 e. The molecule has 1 aromatic rings. The summed E-state index contributed by atoms with van der Waals surface area (Å²) >= 11 is 0. The van der Waals surface area contributed by atoms with Gasteiger partial charge >= 0.3 is 0 Å². The zero-order chi connectivity index (χ0) is 14.5. The summed E-state index contributed by atoms with van der Waals surface area (Å²) in [5.41, 5.74) is 11.5. The van der Waals surface area contributed by atoms with Gasteiger partial charge in [0.1, 0.15) is 5.75 Å². The standard InChI is InChI=1S/C12H19NO.C4H11N/c1-2-3-4-5-10-14-12-8-6-11(13)7-9-12;1-4(2)3-5/h6-9H,2-5,10,13H2,1H3;4H,3,5H2,1-2H3. The molecule has 1 rings (SSSR count). The first-order valence-corrected chi connectivity index (χ1v) is 7.28. The van der Waals surface area contributed by atoms with Crippen LogP contribution in [0, 0.1) is 5.92 Å². The number of nitrogen functional groups attached to an aromatic ring is 1. The van der Waals surface area contributed by atoms with Gasteiger partial charge in [-0.25, -0.2) is 0 Å². The normalized spacial score (nSPS) is 9.95. The van der Waals surface area contributed by atoms with Gasteiger partial charge in [0.15, 0.2) is 0 Å². The zero-order valence-electron chi connectivity index (χ0n) is 12.7. The number of unbranched alkanes of at least 4 members (excludes halogenated alkanes) is 3. The Hall–Kier alpha value is -1.22. The van der Waals surface area contributed by atoms with Crippen LogP contribution in [0.2, 0.25) is 0 Å². The molecule has 0 atom stereocenters. The van der Waals surface area contributed by atoms with Crippen LogP contribution >= 0.6 is 0 Å². The van der Waals surface area contributed by atoms with Crippen molar-refractivity contribution in [3.8, 4) is 5.75 Å². The van der Waals surface area contributed by atoms with E-state index < -0.39 is 0 Å². The predicted molar refractivity (Wildman–Crippen MR) is 84.4 cm³/mol. The maximum absolute atomic E-state index is 5.57. The second kappa shape index (κ2) is 11.8. The highest BCUT2D eigenvalue weighted by molar-refractivity contribution is 5.41. The van der Waals surface area contributed by atoms with E-state index in [-0.39, 0.29) is 0 Å². The Labute approximate surface area is 118 Å². The van der Waals surface area contributed by atoms with E-state index >= 15 is 0 Å². The molecule has 4 N–H and O–H groups in total. The van der Waals surface area contributed by atoms with Crippen molar-refractivity contribution in [3.05, 3.63) is 24.3 Å². The Balaban J connectivity index is 0.000000555. The van der Waals surface area contributed by atoms with Crippen LogP contribution in [0.15, 0.2) is 24.3 Å². The fraction of sp³-hybridized carbons (Fsp3) is 0.625. The molecule has 0 aliphatic heterocycles. The lowest BCUT2D eigenvalue weighted by molar-refractivity contribution is 0.305. The number of nitrogens with two attached hydrogens (primary N) is 2. The predicted octanol–water partition coefficient (Wildman–Crippen LogP) is 3.83. The van der Waals surface area contributed by atoms with Gasteiger partial charge in [-0.05, 0) is 43.1 Å². The van der Waals surface area contributed by atoms with Gasteiger partial charge in [0.2, 0.25) is 0 Å². The molecule has 0 aromatic heterocycles. The van der Waals surface area contributed by atoms with E-state index in [1.165, 1.54) is 19.3 Å². The van der Waals surface area contributed by atoms with Crippen molar-refractivity contribution in [1.29, 1.82) is 0 Å². The van der Waals surface area contributed by atoms with Crippen LogP contribution in [-0.4, -0.2) is 13.2 Å². The third-order valence-corrected chi connectivity index (χ3v) is 2.62. The zero-order valence-corrected chi connectivity index (χ0v) is 12.7. The molecule has 19 heavy (non-hydrogen) atoms. The molecule has 0 saturated heterocycles. The van der Waals surface area contributed by atoms with Gasteiger partial charge in [0.05, 0.1) is 6.61 Å². The second-order valence-electron chi connectivity index (χ2n) is 5.11. The molecule has 0 saturated carbocycles. The molecule has 110 valence electrons. The third kappa shape index (κ3) is 11.6. The molecular weight excluding hydrogens is 236 g/mol. The van der Waals surface area contributed by atoms with Gasteiger partial charge < -0.3 is 16.2 Å². The molecule has 3 heteroatoms. The summed E-state index contributed by atoms with van der Waals surface area (Å²) in [6, 6.07) is 7.55. The van der Waals surface area contributed by atoms with E-state index in [1.54, 1.807) is 0 Å². The molecular formula is C16H30N2O. The summed E-state index contributed by atoms with van der Waals surface area (Å²) in [7, 11) is 0. The summed E-state index contributed by atoms with van der Waals surface area (Å²) in [5, 5.41) is 0. The van der Waals surface area contributed by atoms with Gasteiger partial charge in [-0.1, -0.05) is 40.0 Å². The van der Waals surface area contributed by atoms with Crippen LogP contribution in [0.4, 0.5) is 5.69 Å². The topological polar surface area (TPSA) is 61.3 Å². The van der Waals surface area contributed by atoms with Crippen molar-refractivity contribution in [2.24, 2.45) is 11.7 Å². The molecule has 0 radical (unpaired) electrons. The Morgan fingerprint density at radius 2 is 1.63 bits per heavy atom. The summed E-state index contributed by atoms with van der Waals surface area (Å²) in [4.78, 5) is 0. The number of rotatable bonds is 7. The number of benzene rings is 1. The first kappa shape index (κ1) is 17.8. The molecule has 0 amide bonds. The average Bonchev–Trinajstić information content (AvgIpc) is 2.41. The van der Waals surface area contributed by atoms with Crippen molar-refractivity contribution in [3.63, 3.8) is 0 Å². The van der Waals surface area contributed by atoms with Crippen molar-refractivity contribution >= 4 is 5.69 Å². The van der Waals surface area contributed by atoms with Crippen molar-refractivity contribution in [2.75, 3.05) is 18.9 Å². The van der Waals surface area contributed by atoms with Crippen LogP contribution in [0.1, 0.15) is 46.5 Å². The summed E-state index contributed by atoms with van der Waals surface area (Å²) < 4.78 is 5.55. The van der Waals surface area contributed by atoms with Gasteiger partial charge in [-0.3, -0.25) is 0 Å². The van der Waals surface area contributed by atoms with Crippen molar-refractivity contribution in [2.45, 2.75) is 46.5 Å². The lowest BCUT2D eigenvalue weighted by atomic mass is 10.2. The molecule has 0 aliphatic carbocycles. The highest BCUT2D eigenvalue weighted by atomic mass is 16.5. The van der Waals surface area contributed by atoms with Crippen molar-refractivity contribution < 1.29 is 4.74 Å². The first-order valence-electron chi connectivity index (χ1n) is 7.28.